The predicted octanol–water partition coefficient (Wildman–Crippen LogP) is 0.429. The summed E-state index contributed by atoms with van der Waals surface area (Å²) in [4.78, 5) is 10.9. The fraction of sp³-hybridized carbons (Fsp3) is 0.500. The molecule has 0 saturated heterocycles. The van der Waals surface area contributed by atoms with Crippen LogP contribution in [0.5, 0.6) is 0 Å². The minimum atomic E-state index is -0.688. The first kappa shape index (κ1) is 16.6. The molecule has 1 aromatic rings. The third-order valence-electron chi connectivity index (χ3n) is 2.71. The molecule has 1 amide bonds. The summed E-state index contributed by atoms with van der Waals surface area (Å²) in [5, 5.41) is 15.1. The lowest BCUT2D eigenvalue weighted by Gasteiger charge is -2.12. The fourth-order valence-electron chi connectivity index (χ4n) is 1.57. The minimum absolute atomic E-state index is 0.0530. The van der Waals surface area contributed by atoms with Crippen LogP contribution in [0.2, 0.25) is 0 Å². The van der Waals surface area contributed by atoms with E-state index in [0.717, 1.165) is 0 Å². The van der Waals surface area contributed by atoms with E-state index in [2.05, 4.69) is 10.6 Å². The highest BCUT2D eigenvalue weighted by Gasteiger charge is 2.06. The predicted molar refractivity (Wildman–Crippen MR) is 73.6 cm³/mol. The maximum Gasteiger partial charge on any atom is 0.221 e. The van der Waals surface area contributed by atoms with E-state index < -0.39 is 6.10 Å². The average Bonchev–Trinajstić information content (AvgIpc) is 2.45. The number of carbonyl (C=O) groups excluding carboxylic acids is 1. The second-order valence-electron chi connectivity index (χ2n) is 4.39. The minimum Gasteiger partial charge on any atom is -0.389 e. The summed E-state index contributed by atoms with van der Waals surface area (Å²) in [5.74, 6) is -0.367. The quantitative estimate of drug-likeness (QED) is 0.575. The number of aliphatic hydroxyl groups is 1. The molecular formula is C14H21FN2O3. The van der Waals surface area contributed by atoms with E-state index in [1.165, 1.54) is 6.07 Å². The van der Waals surface area contributed by atoms with Crippen molar-refractivity contribution in [2.45, 2.75) is 19.1 Å². The summed E-state index contributed by atoms with van der Waals surface area (Å²) in [6.45, 7) is 1.06. The zero-order valence-electron chi connectivity index (χ0n) is 11.6. The molecule has 0 aromatic heterocycles. The maximum absolute atomic E-state index is 13.3. The molecule has 1 atom stereocenters. The van der Waals surface area contributed by atoms with E-state index in [1.807, 2.05) is 0 Å². The summed E-state index contributed by atoms with van der Waals surface area (Å²) in [5.41, 5.74) is 0.465. The molecule has 0 bridgehead atoms. The van der Waals surface area contributed by atoms with E-state index >= 15 is 0 Å². The summed E-state index contributed by atoms with van der Waals surface area (Å²) in [7, 11) is 1.58. The van der Waals surface area contributed by atoms with E-state index in [9.17, 15) is 14.3 Å². The van der Waals surface area contributed by atoms with Crippen LogP contribution in [0.25, 0.3) is 0 Å². The molecule has 0 aliphatic heterocycles. The molecule has 1 aromatic carbocycles. The number of aliphatic hydroxyl groups excluding tert-OH is 1. The van der Waals surface area contributed by atoms with Gasteiger partial charge in [0.15, 0.2) is 0 Å². The smallest absolute Gasteiger partial charge is 0.221 e. The van der Waals surface area contributed by atoms with E-state index in [1.54, 1.807) is 25.2 Å². The average molecular weight is 284 g/mol. The molecule has 0 fully saturated rings. The molecule has 3 N–H and O–H groups in total. The van der Waals surface area contributed by atoms with Gasteiger partial charge in [-0.3, -0.25) is 4.79 Å². The third kappa shape index (κ3) is 6.60. The number of carbonyl (C=O) groups is 1. The zero-order valence-corrected chi connectivity index (χ0v) is 11.6. The van der Waals surface area contributed by atoms with Crippen molar-refractivity contribution < 1.29 is 19.0 Å². The maximum atomic E-state index is 13.3. The Morgan fingerprint density at radius 1 is 1.45 bits per heavy atom. The molecule has 20 heavy (non-hydrogen) atoms. The Kier molecular flexibility index (Phi) is 7.79. The summed E-state index contributed by atoms with van der Waals surface area (Å²) in [6.07, 6.45) is -0.328. The molecule has 0 aliphatic carbocycles. The van der Waals surface area contributed by atoms with Crippen molar-refractivity contribution in [3.8, 4) is 0 Å². The molecule has 5 nitrogen and oxygen atoms in total. The van der Waals surface area contributed by atoms with Crippen molar-refractivity contribution in [3.05, 3.63) is 35.6 Å². The second kappa shape index (κ2) is 9.41. The number of halogens is 1. The van der Waals surface area contributed by atoms with Crippen LogP contribution in [-0.2, 0) is 16.1 Å². The number of hydrogen-bond donors (Lipinski definition) is 3. The number of benzene rings is 1. The van der Waals surface area contributed by atoms with Crippen LogP contribution in [0.15, 0.2) is 24.3 Å². The van der Waals surface area contributed by atoms with Crippen LogP contribution in [0.4, 0.5) is 4.39 Å². The molecule has 0 spiro atoms. The Morgan fingerprint density at radius 3 is 2.90 bits per heavy atom. The van der Waals surface area contributed by atoms with Crippen LogP contribution < -0.4 is 10.6 Å². The number of hydrogen-bond acceptors (Lipinski definition) is 4. The molecule has 0 saturated carbocycles. The lowest BCUT2D eigenvalue weighted by atomic mass is 10.2. The van der Waals surface area contributed by atoms with Crippen molar-refractivity contribution in [3.63, 3.8) is 0 Å². The zero-order chi connectivity index (χ0) is 14.8. The fourth-order valence-corrected chi connectivity index (χ4v) is 1.57. The van der Waals surface area contributed by atoms with Gasteiger partial charge in [0, 0.05) is 32.1 Å². The van der Waals surface area contributed by atoms with Gasteiger partial charge in [0.25, 0.3) is 0 Å². The van der Waals surface area contributed by atoms with Gasteiger partial charge in [0.05, 0.1) is 19.3 Å². The highest BCUT2D eigenvalue weighted by Crippen LogP contribution is 2.07. The van der Waals surface area contributed by atoms with E-state index in [0.29, 0.717) is 25.1 Å². The van der Waals surface area contributed by atoms with Gasteiger partial charge in [0.2, 0.25) is 5.91 Å². The summed E-state index contributed by atoms with van der Waals surface area (Å²) in [6, 6.07) is 6.36. The lowest BCUT2D eigenvalue weighted by Crippen LogP contribution is -2.33. The van der Waals surface area contributed by atoms with Gasteiger partial charge in [-0.05, 0) is 6.07 Å². The molecule has 0 radical (unpaired) electrons. The topological polar surface area (TPSA) is 70.6 Å². The Balaban J connectivity index is 2.10. The van der Waals surface area contributed by atoms with E-state index in [-0.39, 0.29) is 24.9 Å². The van der Waals surface area contributed by atoms with Gasteiger partial charge in [0.1, 0.15) is 5.82 Å². The van der Waals surface area contributed by atoms with Crippen molar-refractivity contribution in [1.82, 2.24) is 10.6 Å². The van der Waals surface area contributed by atoms with Gasteiger partial charge in [-0.25, -0.2) is 4.39 Å². The monoisotopic (exact) mass is 284 g/mol. The van der Waals surface area contributed by atoms with Gasteiger partial charge in [-0.15, -0.1) is 0 Å². The van der Waals surface area contributed by atoms with Crippen molar-refractivity contribution >= 4 is 5.91 Å². The Hall–Kier alpha value is -1.50. The Labute approximate surface area is 118 Å². The normalized spacial score (nSPS) is 12.2. The Morgan fingerprint density at radius 2 is 2.20 bits per heavy atom. The molecule has 6 heteroatoms. The second-order valence-corrected chi connectivity index (χ2v) is 4.39. The van der Waals surface area contributed by atoms with Gasteiger partial charge >= 0.3 is 0 Å². The number of nitrogens with one attached hydrogen (secondary N) is 2. The highest BCUT2D eigenvalue weighted by atomic mass is 19.1. The first-order valence-corrected chi connectivity index (χ1v) is 6.54. The first-order chi connectivity index (χ1) is 9.63. The lowest BCUT2D eigenvalue weighted by molar-refractivity contribution is -0.120. The van der Waals surface area contributed by atoms with Gasteiger partial charge < -0.3 is 20.5 Å². The van der Waals surface area contributed by atoms with Gasteiger partial charge in [-0.1, -0.05) is 18.2 Å². The largest absolute Gasteiger partial charge is 0.389 e. The van der Waals surface area contributed by atoms with Crippen LogP contribution in [0, 0.1) is 5.82 Å². The van der Waals surface area contributed by atoms with Crippen LogP contribution in [0.1, 0.15) is 12.0 Å². The SMILES string of the molecule is CNC(=O)CCNCC(O)COCc1ccccc1F. The molecule has 0 aliphatic rings. The van der Waals surface area contributed by atoms with Crippen molar-refractivity contribution in [2.75, 3.05) is 26.7 Å². The highest BCUT2D eigenvalue weighted by molar-refractivity contribution is 5.75. The number of rotatable bonds is 9. The third-order valence-corrected chi connectivity index (χ3v) is 2.71. The van der Waals surface area contributed by atoms with E-state index in [4.69, 9.17) is 4.74 Å². The number of amides is 1. The summed E-state index contributed by atoms with van der Waals surface area (Å²) < 4.78 is 18.5. The molecule has 0 heterocycles. The number of ether oxygens (including phenoxy) is 1. The molecule has 1 rings (SSSR count). The van der Waals surface area contributed by atoms with Crippen LogP contribution in [0.3, 0.4) is 0 Å². The molecule has 112 valence electrons. The summed E-state index contributed by atoms with van der Waals surface area (Å²) >= 11 is 0. The van der Waals surface area contributed by atoms with Crippen LogP contribution >= 0.6 is 0 Å². The molecular weight excluding hydrogens is 263 g/mol. The van der Waals surface area contributed by atoms with Gasteiger partial charge in [-0.2, -0.15) is 0 Å². The first-order valence-electron chi connectivity index (χ1n) is 6.54. The standard InChI is InChI=1S/C14H21FN2O3/c1-16-14(19)6-7-17-8-12(18)10-20-9-11-4-2-3-5-13(11)15/h2-5,12,17-18H,6-10H2,1H3,(H,16,19). The Bertz CT molecular complexity index is 415. The van der Waals surface area contributed by atoms with Crippen LogP contribution in [-0.4, -0.2) is 43.9 Å². The van der Waals surface area contributed by atoms with Crippen molar-refractivity contribution in [1.29, 1.82) is 0 Å². The molecule has 1 unspecified atom stereocenters. The van der Waals surface area contributed by atoms with Crippen molar-refractivity contribution in [2.24, 2.45) is 0 Å².